The van der Waals surface area contributed by atoms with Crippen LogP contribution in [-0.4, -0.2) is 47.7 Å². The molecule has 2 fully saturated rings. The maximum atomic E-state index is 12.1. The minimum Gasteiger partial charge on any atom is -0.480 e. The Morgan fingerprint density at radius 1 is 1.40 bits per heavy atom. The lowest BCUT2D eigenvalue weighted by molar-refractivity contribution is -0.169. The standard InChI is InChI=1S/C14H23NO4S/c1-13(12(17)18,11(16)15-2)10-3-6-19-14(9-10)4-7-20-8-5-14/h10H,3-9H2,1-2H3,(H,15,16)(H,17,18). The Bertz CT molecular complexity index is 389. The van der Waals surface area contributed by atoms with E-state index in [1.54, 1.807) is 6.92 Å². The molecule has 0 bridgehead atoms. The van der Waals surface area contributed by atoms with Crippen LogP contribution in [0.15, 0.2) is 0 Å². The number of hydrogen-bond donors (Lipinski definition) is 2. The quantitative estimate of drug-likeness (QED) is 0.773. The van der Waals surface area contributed by atoms with Gasteiger partial charge in [0.25, 0.3) is 0 Å². The Morgan fingerprint density at radius 2 is 2.05 bits per heavy atom. The molecule has 2 heterocycles. The molecule has 6 heteroatoms. The zero-order valence-corrected chi connectivity index (χ0v) is 12.9. The summed E-state index contributed by atoms with van der Waals surface area (Å²) in [5.74, 6) is 0.491. The number of rotatable bonds is 3. The number of carboxylic acid groups (broad SMARTS) is 1. The van der Waals surface area contributed by atoms with Crippen LogP contribution in [-0.2, 0) is 14.3 Å². The molecule has 0 radical (unpaired) electrons. The maximum absolute atomic E-state index is 12.1. The van der Waals surface area contributed by atoms with Crippen molar-refractivity contribution in [2.45, 2.75) is 38.2 Å². The second-order valence-corrected chi connectivity index (χ2v) is 7.14. The summed E-state index contributed by atoms with van der Waals surface area (Å²) in [5, 5.41) is 12.1. The van der Waals surface area contributed by atoms with Crippen LogP contribution in [0, 0.1) is 11.3 Å². The van der Waals surface area contributed by atoms with Crippen molar-refractivity contribution < 1.29 is 19.4 Å². The van der Waals surface area contributed by atoms with Gasteiger partial charge in [-0.15, -0.1) is 0 Å². The van der Waals surface area contributed by atoms with Crippen molar-refractivity contribution in [3.63, 3.8) is 0 Å². The zero-order chi connectivity index (χ0) is 14.8. The summed E-state index contributed by atoms with van der Waals surface area (Å²) < 4.78 is 5.99. The minimum absolute atomic E-state index is 0.170. The fourth-order valence-electron chi connectivity index (χ4n) is 3.33. The van der Waals surface area contributed by atoms with Crippen LogP contribution < -0.4 is 5.32 Å². The minimum atomic E-state index is -1.36. The highest BCUT2D eigenvalue weighted by atomic mass is 32.2. The zero-order valence-electron chi connectivity index (χ0n) is 12.1. The van der Waals surface area contributed by atoms with E-state index >= 15 is 0 Å². The first kappa shape index (κ1) is 15.6. The first-order chi connectivity index (χ1) is 9.44. The Morgan fingerprint density at radius 3 is 2.60 bits per heavy atom. The third kappa shape index (κ3) is 2.68. The highest BCUT2D eigenvalue weighted by Crippen LogP contribution is 2.45. The molecule has 114 valence electrons. The Labute approximate surface area is 123 Å². The van der Waals surface area contributed by atoms with Crippen LogP contribution in [0.1, 0.15) is 32.6 Å². The summed E-state index contributed by atoms with van der Waals surface area (Å²) in [6, 6.07) is 0. The lowest BCUT2D eigenvalue weighted by Gasteiger charge is -2.46. The van der Waals surface area contributed by atoms with Gasteiger partial charge in [0, 0.05) is 13.7 Å². The van der Waals surface area contributed by atoms with E-state index in [-0.39, 0.29) is 11.5 Å². The number of carboxylic acids is 1. The van der Waals surface area contributed by atoms with Crippen molar-refractivity contribution in [2.24, 2.45) is 11.3 Å². The van der Waals surface area contributed by atoms with E-state index in [1.807, 2.05) is 11.8 Å². The van der Waals surface area contributed by atoms with Gasteiger partial charge in [-0.3, -0.25) is 9.59 Å². The molecule has 1 spiro atoms. The van der Waals surface area contributed by atoms with E-state index in [0.717, 1.165) is 24.3 Å². The monoisotopic (exact) mass is 301 g/mol. The van der Waals surface area contributed by atoms with Gasteiger partial charge in [0.05, 0.1) is 5.60 Å². The number of amides is 1. The number of carbonyl (C=O) groups is 2. The molecule has 2 N–H and O–H groups in total. The molecule has 2 unspecified atom stereocenters. The van der Waals surface area contributed by atoms with E-state index < -0.39 is 17.3 Å². The van der Waals surface area contributed by atoms with Crippen LogP contribution in [0.2, 0.25) is 0 Å². The normalized spacial score (nSPS) is 28.6. The largest absolute Gasteiger partial charge is 0.480 e. The second-order valence-electron chi connectivity index (χ2n) is 5.92. The molecule has 2 aliphatic rings. The average molecular weight is 301 g/mol. The van der Waals surface area contributed by atoms with Crippen LogP contribution >= 0.6 is 11.8 Å². The molecule has 2 atom stereocenters. The molecule has 2 saturated heterocycles. The van der Waals surface area contributed by atoms with Gasteiger partial charge in [-0.25, -0.2) is 0 Å². The predicted octanol–water partition coefficient (Wildman–Crippen LogP) is 1.52. The third-order valence-electron chi connectivity index (χ3n) is 4.86. The molecule has 2 rings (SSSR count). The molecule has 0 aromatic heterocycles. The van der Waals surface area contributed by atoms with Gasteiger partial charge in [0.15, 0.2) is 0 Å². The average Bonchev–Trinajstić information content (AvgIpc) is 2.46. The van der Waals surface area contributed by atoms with E-state index in [1.165, 1.54) is 7.05 Å². The van der Waals surface area contributed by atoms with Gasteiger partial charge < -0.3 is 15.2 Å². The number of nitrogens with one attached hydrogen (secondary N) is 1. The fraction of sp³-hybridized carbons (Fsp3) is 0.857. The molecule has 5 nitrogen and oxygen atoms in total. The summed E-state index contributed by atoms with van der Waals surface area (Å²) in [7, 11) is 1.50. The number of aliphatic carboxylic acids is 1. The van der Waals surface area contributed by atoms with E-state index in [2.05, 4.69) is 5.32 Å². The van der Waals surface area contributed by atoms with Crippen molar-refractivity contribution >= 4 is 23.6 Å². The molecule has 0 saturated carbocycles. The van der Waals surface area contributed by atoms with Gasteiger partial charge >= 0.3 is 5.97 Å². The van der Waals surface area contributed by atoms with Crippen LogP contribution in [0.4, 0.5) is 0 Å². The molecule has 2 aliphatic heterocycles. The van der Waals surface area contributed by atoms with E-state index in [9.17, 15) is 14.7 Å². The Balaban J connectivity index is 2.21. The summed E-state index contributed by atoms with van der Waals surface area (Å²) in [6.07, 6.45) is 3.21. The Kier molecular flexibility index (Phi) is 4.64. The topological polar surface area (TPSA) is 75.6 Å². The van der Waals surface area contributed by atoms with Gasteiger partial charge in [-0.1, -0.05) is 0 Å². The van der Waals surface area contributed by atoms with Crippen LogP contribution in [0.3, 0.4) is 0 Å². The molecule has 0 aromatic rings. The summed E-state index contributed by atoms with van der Waals surface area (Å²) in [6.45, 7) is 2.10. The number of thioether (sulfide) groups is 1. The summed E-state index contributed by atoms with van der Waals surface area (Å²) in [4.78, 5) is 23.8. The first-order valence-electron chi connectivity index (χ1n) is 7.12. The highest BCUT2D eigenvalue weighted by Gasteiger charge is 2.52. The number of carbonyl (C=O) groups excluding carboxylic acids is 1. The van der Waals surface area contributed by atoms with Crippen molar-refractivity contribution in [1.29, 1.82) is 0 Å². The van der Waals surface area contributed by atoms with Crippen LogP contribution in [0.5, 0.6) is 0 Å². The lowest BCUT2D eigenvalue weighted by atomic mass is 9.67. The predicted molar refractivity (Wildman–Crippen MR) is 77.8 cm³/mol. The number of ether oxygens (including phenoxy) is 1. The number of hydrogen-bond acceptors (Lipinski definition) is 4. The van der Waals surface area contributed by atoms with Crippen molar-refractivity contribution in [2.75, 3.05) is 25.2 Å². The van der Waals surface area contributed by atoms with Crippen molar-refractivity contribution in [3.05, 3.63) is 0 Å². The van der Waals surface area contributed by atoms with Crippen LogP contribution in [0.25, 0.3) is 0 Å². The maximum Gasteiger partial charge on any atom is 0.319 e. The van der Waals surface area contributed by atoms with Gasteiger partial charge in [0.1, 0.15) is 5.41 Å². The summed E-state index contributed by atoms with van der Waals surface area (Å²) >= 11 is 1.91. The Hall–Kier alpha value is -0.750. The fourth-order valence-corrected chi connectivity index (χ4v) is 4.57. The molecule has 1 amide bonds. The first-order valence-corrected chi connectivity index (χ1v) is 8.27. The second kappa shape index (κ2) is 5.93. The van der Waals surface area contributed by atoms with E-state index in [4.69, 9.17) is 4.74 Å². The summed E-state index contributed by atoms with van der Waals surface area (Å²) in [5.41, 5.74) is -1.57. The highest BCUT2D eigenvalue weighted by molar-refractivity contribution is 7.99. The van der Waals surface area contributed by atoms with Crippen molar-refractivity contribution in [1.82, 2.24) is 5.32 Å². The van der Waals surface area contributed by atoms with Gasteiger partial charge in [-0.2, -0.15) is 11.8 Å². The molecule has 0 aliphatic carbocycles. The molecular formula is C14H23NO4S. The van der Waals surface area contributed by atoms with E-state index in [0.29, 0.717) is 19.4 Å². The molecule has 20 heavy (non-hydrogen) atoms. The smallest absolute Gasteiger partial charge is 0.319 e. The molecular weight excluding hydrogens is 278 g/mol. The van der Waals surface area contributed by atoms with Gasteiger partial charge in [-0.05, 0) is 50.0 Å². The van der Waals surface area contributed by atoms with Gasteiger partial charge in [0.2, 0.25) is 5.91 Å². The third-order valence-corrected chi connectivity index (χ3v) is 5.84. The lowest BCUT2D eigenvalue weighted by Crippen LogP contribution is -2.54. The SMILES string of the molecule is CNC(=O)C(C)(C(=O)O)C1CCOC2(CCSCC2)C1. The van der Waals surface area contributed by atoms with Crippen molar-refractivity contribution in [3.8, 4) is 0 Å². The molecule has 0 aromatic carbocycles.